The molecule has 1 atom stereocenters. The molecule has 1 aromatic carbocycles. The fourth-order valence-corrected chi connectivity index (χ4v) is 2.09. The summed E-state index contributed by atoms with van der Waals surface area (Å²) in [4.78, 5) is 11.6. The number of nitrogens with one attached hydrogen (secondary N) is 2. The van der Waals surface area contributed by atoms with Crippen LogP contribution in [-0.2, 0) is 7.05 Å². The molecule has 2 aromatic rings. The van der Waals surface area contributed by atoms with Gasteiger partial charge in [-0.1, -0.05) is 0 Å². The number of aromatic nitrogens is 2. The standard InChI is InChI=1S/C15H20N4O/c1-10-7-12(15(20)16-3)5-6-14(10)18-11(2)13-8-17-19(4)9-13/h5-9,11,18H,1-4H3,(H,16,20). The molecule has 1 heterocycles. The van der Waals surface area contributed by atoms with Crippen LogP contribution in [0.15, 0.2) is 30.6 Å². The number of aryl methyl sites for hydroxylation is 2. The number of carbonyl (C=O) groups excluding carboxylic acids is 1. The summed E-state index contributed by atoms with van der Waals surface area (Å²) in [6, 6.07) is 5.81. The number of amides is 1. The average molecular weight is 272 g/mol. The van der Waals surface area contributed by atoms with Crippen LogP contribution >= 0.6 is 0 Å². The fraction of sp³-hybridized carbons (Fsp3) is 0.333. The summed E-state index contributed by atoms with van der Waals surface area (Å²) < 4.78 is 1.79. The van der Waals surface area contributed by atoms with Gasteiger partial charge in [0.05, 0.1) is 12.2 Å². The van der Waals surface area contributed by atoms with Crippen LogP contribution in [0.25, 0.3) is 0 Å². The summed E-state index contributed by atoms with van der Waals surface area (Å²) in [5.41, 5.74) is 3.86. The Hall–Kier alpha value is -2.30. The molecular weight excluding hydrogens is 252 g/mol. The molecule has 0 aliphatic rings. The van der Waals surface area contributed by atoms with Gasteiger partial charge in [-0.2, -0.15) is 5.10 Å². The molecular formula is C15H20N4O. The number of nitrogens with zero attached hydrogens (tertiary/aromatic N) is 2. The molecule has 106 valence electrons. The normalized spacial score (nSPS) is 12.0. The number of hydrogen-bond donors (Lipinski definition) is 2. The molecule has 0 fully saturated rings. The molecule has 0 aliphatic heterocycles. The number of rotatable bonds is 4. The Balaban J connectivity index is 2.15. The van der Waals surface area contributed by atoms with Crippen LogP contribution in [0.2, 0.25) is 0 Å². The Labute approximate surface area is 119 Å². The van der Waals surface area contributed by atoms with E-state index in [-0.39, 0.29) is 11.9 Å². The van der Waals surface area contributed by atoms with Crippen LogP contribution in [-0.4, -0.2) is 22.7 Å². The third kappa shape index (κ3) is 2.99. The van der Waals surface area contributed by atoms with Crippen molar-refractivity contribution in [3.8, 4) is 0 Å². The first-order valence-corrected chi connectivity index (χ1v) is 6.59. The lowest BCUT2D eigenvalue weighted by Crippen LogP contribution is -2.18. The Morgan fingerprint density at radius 1 is 1.40 bits per heavy atom. The molecule has 20 heavy (non-hydrogen) atoms. The monoisotopic (exact) mass is 272 g/mol. The van der Waals surface area contributed by atoms with E-state index in [4.69, 9.17) is 0 Å². The van der Waals surface area contributed by atoms with E-state index in [1.807, 2.05) is 44.6 Å². The van der Waals surface area contributed by atoms with Crippen LogP contribution in [0.4, 0.5) is 5.69 Å². The smallest absolute Gasteiger partial charge is 0.251 e. The lowest BCUT2D eigenvalue weighted by atomic mass is 10.1. The zero-order valence-corrected chi connectivity index (χ0v) is 12.3. The second-order valence-electron chi connectivity index (χ2n) is 4.92. The van der Waals surface area contributed by atoms with Crippen LogP contribution in [0.1, 0.15) is 34.5 Å². The molecule has 0 radical (unpaired) electrons. The van der Waals surface area contributed by atoms with Crippen molar-refractivity contribution in [3.05, 3.63) is 47.3 Å². The molecule has 0 saturated carbocycles. The van der Waals surface area contributed by atoms with Gasteiger partial charge in [-0.3, -0.25) is 9.48 Å². The highest BCUT2D eigenvalue weighted by molar-refractivity contribution is 5.94. The SMILES string of the molecule is CNC(=O)c1ccc(NC(C)c2cnn(C)c2)c(C)c1. The van der Waals surface area contributed by atoms with E-state index in [0.29, 0.717) is 5.56 Å². The molecule has 1 unspecified atom stereocenters. The molecule has 0 bridgehead atoms. The van der Waals surface area contributed by atoms with E-state index in [2.05, 4.69) is 22.7 Å². The number of anilines is 1. The van der Waals surface area contributed by atoms with Gasteiger partial charge in [0.1, 0.15) is 0 Å². The molecule has 0 aliphatic carbocycles. The molecule has 1 aromatic heterocycles. The zero-order chi connectivity index (χ0) is 14.7. The first-order valence-electron chi connectivity index (χ1n) is 6.59. The summed E-state index contributed by atoms with van der Waals surface area (Å²) in [5, 5.41) is 10.2. The maximum absolute atomic E-state index is 11.6. The van der Waals surface area contributed by atoms with Gasteiger partial charge in [-0.05, 0) is 37.6 Å². The van der Waals surface area contributed by atoms with E-state index in [0.717, 1.165) is 16.8 Å². The predicted molar refractivity (Wildman–Crippen MR) is 79.8 cm³/mol. The largest absolute Gasteiger partial charge is 0.378 e. The highest BCUT2D eigenvalue weighted by Crippen LogP contribution is 2.22. The topological polar surface area (TPSA) is 59.0 Å². The number of benzene rings is 1. The van der Waals surface area contributed by atoms with Crippen molar-refractivity contribution in [2.24, 2.45) is 7.05 Å². The summed E-state index contributed by atoms with van der Waals surface area (Å²) in [5.74, 6) is -0.0695. The first kappa shape index (κ1) is 14.1. The second kappa shape index (κ2) is 5.77. The van der Waals surface area contributed by atoms with Gasteiger partial charge in [-0.25, -0.2) is 0 Å². The summed E-state index contributed by atoms with van der Waals surface area (Å²) >= 11 is 0. The van der Waals surface area contributed by atoms with E-state index in [9.17, 15) is 4.79 Å². The molecule has 1 amide bonds. The molecule has 5 heteroatoms. The lowest BCUT2D eigenvalue weighted by molar-refractivity contribution is 0.0963. The third-order valence-electron chi connectivity index (χ3n) is 3.31. The second-order valence-corrected chi connectivity index (χ2v) is 4.92. The van der Waals surface area contributed by atoms with E-state index >= 15 is 0 Å². The third-order valence-corrected chi connectivity index (χ3v) is 3.31. The molecule has 0 spiro atoms. The van der Waals surface area contributed by atoms with Gasteiger partial charge in [0.2, 0.25) is 0 Å². The van der Waals surface area contributed by atoms with Crippen molar-refractivity contribution in [3.63, 3.8) is 0 Å². The minimum Gasteiger partial charge on any atom is -0.378 e. The minimum atomic E-state index is -0.0695. The molecule has 2 N–H and O–H groups in total. The van der Waals surface area contributed by atoms with Gasteiger partial charge >= 0.3 is 0 Å². The van der Waals surface area contributed by atoms with Crippen LogP contribution in [0.5, 0.6) is 0 Å². The van der Waals surface area contributed by atoms with Crippen molar-refractivity contribution in [2.45, 2.75) is 19.9 Å². The van der Waals surface area contributed by atoms with Crippen LogP contribution in [0.3, 0.4) is 0 Å². The molecule has 2 rings (SSSR count). The average Bonchev–Trinajstić information content (AvgIpc) is 2.86. The Morgan fingerprint density at radius 3 is 2.70 bits per heavy atom. The van der Waals surface area contributed by atoms with Gasteiger partial charge in [-0.15, -0.1) is 0 Å². The number of hydrogen-bond acceptors (Lipinski definition) is 3. The van der Waals surface area contributed by atoms with E-state index in [1.165, 1.54) is 0 Å². The Bertz CT molecular complexity index is 618. The minimum absolute atomic E-state index is 0.0695. The maximum atomic E-state index is 11.6. The quantitative estimate of drug-likeness (QED) is 0.897. The summed E-state index contributed by atoms with van der Waals surface area (Å²) in [7, 11) is 3.54. The zero-order valence-electron chi connectivity index (χ0n) is 12.3. The highest BCUT2D eigenvalue weighted by Gasteiger charge is 2.10. The van der Waals surface area contributed by atoms with Crippen molar-refractivity contribution in [1.82, 2.24) is 15.1 Å². The van der Waals surface area contributed by atoms with Gasteiger partial charge in [0.25, 0.3) is 5.91 Å². The highest BCUT2D eigenvalue weighted by atomic mass is 16.1. The Kier molecular flexibility index (Phi) is 4.08. The maximum Gasteiger partial charge on any atom is 0.251 e. The van der Waals surface area contributed by atoms with Gasteiger partial charge in [0.15, 0.2) is 0 Å². The van der Waals surface area contributed by atoms with E-state index in [1.54, 1.807) is 11.7 Å². The van der Waals surface area contributed by atoms with Gasteiger partial charge < -0.3 is 10.6 Å². The van der Waals surface area contributed by atoms with Crippen molar-refractivity contribution < 1.29 is 4.79 Å². The van der Waals surface area contributed by atoms with Crippen molar-refractivity contribution >= 4 is 11.6 Å². The van der Waals surface area contributed by atoms with Crippen LogP contribution in [0, 0.1) is 6.92 Å². The Morgan fingerprint density at radius 2 is 2.15 bits per heavy atom. The molecule has 0 saturated heterocycles. The summed E-state index contributed by atoms with van der Waals surface area (Å²) in [6.07, 6.45) is 3.85. The van der Waals surface area contributed by atoms with Crippen LogP contribution < -0.4 is 10.6 Å². The van der Waals surface area contributed by atoms with Gasteiger partial charge in [0, 0.05) is 37.1 Å². The van der Waals surface area contributed by atoms with E-state index < -0.39 is 0 Å². The van der Waals surface area contributed by atoms with Crippen molar-refractivity contribution in [2.75, 3.05) is 12.4 Å². The fourth-order valence-electron chi connectivity index (χ4n) is 2.09. The first-order chi connectivity index (χ1) is 9.51. The lowest BCUT2D eigenvalue weighted by Gasteiger charge is -2.16. The predicted octanol–water partition coefficient (Wildman–Crippen LogP) is 2.26. The van der Waals surface area contributed by atoms with Crippen molar-refractivity contribution in [1.29, 1.82) is 0 Å². The molecule has 5 nitrogen and oxygen atoms in total. The summed E-state index contributed by atoms with van der Waals surface area (Å²) in [6.45, 7) is 4.08. The number of carbonyl (C=O) groups is 1.